The molecule has 0 radical (unpaired) electrons. The van der Waals surface area contributed by atoms with E-state index in [1.165, 1.54) is 25.2 Å². The Hall–Kier alpha value is 0.390. The Bertz CT molecular complexity index is 81.6. The van der Waals surface area contributed by atoms with Gasteiger partial charge in [-0.05, 0) is 0 Å². The SMILES string of the molecule is CCCC[PH](C)(C)CCOC. The third-order valence-corrected chi connectivity index (χ3v) is 5.45. The van der Waals surface area contributed by atoms with E-state index in [4.69, 9.17) is 4.74 Å². The van der Waals surface area contributed by atoms with E-state index in [1.54, 1.807) is 7.11 Å². The summed E-state index contributed by atoms with van der Waals surface area (Å²) in [7, 11) is 0.926. The van der Waals surface area contributed by atoms with Crippen LogP contribution in [-0.2, 0) is 4.74 Å². The van der Waals surface area contributed by atoms with Crippen molar-refractivity contribution in [2.24, 2.45) is 0 Å². The molecule has 0 aromatic rings. The number of methoxy groups -OCH3 is 1. The second kappa shape index (κ2) is 5.97. The molecule has 0 saturated heterocycles. The number of hydrogen-bond acceptors (Lipinski definition) is 1. The minimum absolute atomic E-state index is 0.870. The Labute approximate surface area is 71.9 Å². The molecule has 0 bridgehead atoms. The van der Waals surface area contributed by atoms with Crippen molar-refractivity contribution in [3.8, 4) is 0 Å². The van der Waals surface area contributed by atoms with E-state index in [9.17, 15) is 0 Å². The van der Waals surface area contributed by atoms with Crippen molar-refractivity contribution in [1.82, 2.24) is 0 Å². The Morgan fingerprint density at radius 3 is 2.27 bits per heavy atom. The van der Waals surface area contributed by atoms with Gasteiger partial charge >= 0.3 is 71.1 Å². The summed E-state index contributed by atoms with van der Waals surface area (Å²) in [6.45, 7) is 8.15. The average Bonchev–Trinajstić information content (AvgIpc) is 1.97. The Morgan fingerprint density at radius 2 is 1.82 bits per heavy atom. The molecule has 2 heteroatoms. The maximum absolute atomic E-state index is 5.09. The van der Waals surface area contributed by atoms with Crippen LogP contribution in [0.3, 0.4) is 0 Å². The van der Waals surface area contributed by atoms with Crippen LogP contribution in [0.4, 0.5) is 0 Å². The summed E-state index contributed by atoms with van der Waals surface area (Å²) >= 11 is 0. The summed E-state index contributed by atoms with van der Waals surface area (Å²) in [4.78, 5) is 0. The van der Waals surface area contributed by atoms with Gasteiger partial charge in [-0.2, -0.15) is 0 Å². The predicted molar refractivity (Wildman–Crippen MR) is 56.7 cm³/mol. The molecule has 0 spiro atoms. The van der Waals surface area contributed by atoms with E-state index in [0.717, 1.165) is 6.61 Å². The van der Waals surface area contributed by atoms with E-state index < -0.39 is 7.26 Å². The van der Waals surface area contributed by atoms with E-state index in [0.29, 0.717) is 0 Å². The van der Waals surface area contributed by atoms with Crippen molar-refractivity contribution in [3.05, 3.63) is 0 Å². The van der Waals surface area contributed by atoms with E-state index >= 15 is 0 Å². The minimum atomic E-state index is -0.870. The van der Waals surface area contributed by atoms with Gasteiger partial charge in [0, 0.05) is 0 Å². The molecular formula is C9H23OP. The molecule has 0 aliphatic carbocycles. The summed E-state index contributed by atoms with van der Waals surface area (Å²) in [6, 6.07) is 0. The molecule has 0 amide bonds. The first kappa shape index (κ1) is 11.4. The van der Waals surface area contributed by atoms with Gasteiger partial charge in [-0.1, -0.05) is 0 Å². The van der Waals surface area contributed by atoms with Gasteiger partial charge in [0.25, 0.3) is 0 Å². The summed E-state index contributed by atoms with van der Waals surface area (Å²) < 4.78 is 5.09. The van der Waals surface area contributed by atoms with Crippen molar-refractivity contribution < 1.29 is 4.74 Å². The Kier molecular flexibility index (Phi) is 6.18. The quantitative estimate of drug-likeness (QED) is 0.568. The molecule has 0 N–H and O–H groups in total. The second-order valence-corrected chi connectivity index (χ2v) is 9.34. The number of rotatable bonds is 6. The zero-order chi connectivity index (χ0) is 8.74. The maximum atomic E-state index is 5.09. The molecule has 0 atom stereocenters. The van der Waals surface area contributed by atoms with Crippen molar-refractivity contribution in [2.75, 3.05) is 39.4 Å². The van der Waals surface area contributed by atoms with Crippen LogP contribution in [0.2, 0.25) is 0 Å². The first-order valence-electron chi connectivity index (χ1n) is 4.61. The fourth-order valence-electron chi connectivity index (χ4n) is 1.16. The van der Waals surface area contributed by atoms with Crippen LogP contribution in [0.1, 0.15) is 19.8 Å². The first-order chi connectivity index (χ1) is 5.12. The van der Waals surface area contributed by atoms with E-state index in [-0.39, 0.29) is 0 Å². The van der Waals surface area contributed by atoms with Crippen molar-refractivity contribution in [1.29, 1.82) is 0 Å². The summed E-state index contributed by atoms with van der Waals surface area (Å²) in [5.41, 5.74) is 0. The molecule has 0 aliphatic heterocycles. The molecule has 0 aliphatic rings. The van der Waals surface area contributed by atoms with Crippen LogP contribution >= 0.6 is 7.26 Å². The Morgan fingerprint density at radius 1 is 1.18 bits per heavy atom. The van der Waals surface area contributed by atoms with Crippen molar-refractivity contribution in [3.63, 3.8) is 0 Å². The van der Waals surface area contributed by atoms with E-state index in [1.807, 2.05) is 0 Å². The number of hydrogen-bond donors (Lipinski definition) is 0. The molecule has 0 unspecified atom stereocenters. The molecule has 0 aromatic carbocycles. The zero-order valence-electron chi connectivity index (χ0n) is 8.44. The van der Waals surface area contributed by atoms with Gasteiger partial charge in [-0.25, -0.2) is 0 Å². The molecule has 0 heterocycles. The molecule has 70 valence electrons. The monoisotopic (exact) mass is 178 g/mol. The third-order valence-electron chi connectivity index (χ3n) is 2.19. The van der Waals surface area contributed by atoms with Crippen LogP contribution in [0, 0.1) is 0 Å². The van der Waals surface area contributed by atoms with Gasteiger partial charge in [0.1, 0.15) is 0 Å². The first-order valence-corrected chi connectivity index (χ1v) is 8.03. The summed E-state index contributed by atoms with van der Waals surface area (Å²) in [5, 5.41) is 0. The molecular weight excluding hydrogens is 155 g/mol. The summed E-state index contributed by atoms with van der Waals surface area (Å²) in [6.07, 6.45) is 5.53. The van der Waals surface area contributed by atoms with Crippen LogP contribution in [0.5, 0.6) is 0 Å². The van der Waals surface area contributed by atoms with Crippen LogP contribution in [0.15, 0.2) is 0 Å². The molecule has 1 nitrogen and oxygen atoms in total. The fraction of sp³-hybridized carbons (Fsp3) is 1.00. The van der Waals surface area contributed by atoms with Crippen molar-refractivity contribution >= 4 is 7.26 Å². The van der Waals surface area contributed by atoms with Gasteiger partial charge < -0.3 is 0 Å². The zero-order valence-corrected chi connectivity index (χ0v) is 9.44. The van der Waals surface area contributed by atoms with Gasteiger partial charge in [0.2, 0.25) is 0 Å². The van der Waals surface area contributed by atoms with Crippen LogP contribution in [-0.4, -0.2) is 39.4 Å². The Balaban J connectivity index is 3.43. The molecule has 0 aromatic heterocycles. The second-order valence-electron chi connectivity index (χ2n) is 4.01. The van der Waals surface area contributed by atoms with E-state index in [2.05, 4.69) is 20.3 Å². The number of unbranched alkanes of at least 4 members (excludes halogenated alkanes) is 1. The number of ether oxygens (including phenoxy) is 1. The van der Waals surface area contributed by atoms with Crippen molar-refractivity contribution in [2.45, 2.75) is 19.8 Å². The molecule has 0 saturated carbocycles. The predicted octanol–water partition coefficient (Wildman–Crippen LogP) is 2.44. The summed E-state index contributed by atoms with van der Waals surface area (Å²) in [5.74, 6) is 0. The standard InChI is InChI=1S/C9H23OP/c1-5-6-8-11(3,4)9-7-10-2/h11H,5-9H2,1-4H3. The van der Waals surface area contributed by atoms with Gasteiger partial charge in [-0.15, -0.1) is 0 Å². The third kappa shape index (κ3) is 6.77. The van der Waals surface area contributed by atoms with Gasteiger partial charge in [0.15, 0.2) is 0 Å². The fourth-order valence-corrected chi connectivity index (χ4v) is 3.48. The molecule has 0 rings (SSSR count). The van der Waals surface area contributed by atoms with Crippen LogP contribution < -0.4 is 0 Å². The normalized spacial score (nSPS) is 13.5. The van der Waals surface area contributed by atoms with Crippen LogP contribution in [0.25, 0.3) is 0 Å². The molecule has 0 fully saturated rings. The average molecular weight is 178 g/mol. The molecule has 11 heavy (non-hydrogen) atoms. The van der Waals surface area contributed by atoms with Gasteiger partial charge in [-0.3, -0.25) is 0 Å². The topological polar surface area (TPSA) is 9.23 Å². The van der Waals surface area contributed by atoms with Gasteiger partial charge in [0.05, 0.1) is 0 Å².